The number of rotatable bonds is 13. The van der Waals surface area contributed by atoms with Crippen LogP contribution in [-0.4, -0.2) is 58.3 Å². The molecule has 37 heavy (non-hydrogen) atoms. The lowest BCUT2D eigenvalue weighted by Crippen LogP contribution is -2.52. The molecule has 0 radical (unpaired) electrons. The van der Waals surface area contributed by atoms with Gasteiger partial charge >= 0.3 is 6.09 Å². The van der Waals surface area contributed by atoms with Gasteiger partial charge in [0.2, 0.25) is 5.91 Å². The van der Waals surface area contributed by atoms with Crippen molar-refractivity contribution in [1.29, 1.82) is 0 Å². The second-order valence-electron chi connectivity index (χ2n) is 9.55. The number of imidazole rings is 1. The maximum atomic E-state index is 13.6. The van der Waals surface area contributed by atoms with E-state index in [1.807, 2.05) is 74.5 Å². The van der Waals surface area contributed by atoms with Crippen molar-refractivity contribution in [3.8, 4) is 0 Å². The van der Waals surface area contributed by atoms with Gasteiger partial charge in [0.1, 0.15) is 12.6 Å². The Balaban J connectivity index is 1.68. The molecule has 0 fully saturated rings. The zero-order valence-electron chi connectivity index (χ0n) is 21.4. The minimum absolute atomic E-state index is 0.0667. The first-order valence-electron chi connectivity index (χ1n) is 12.3. The smallest absolute Gasteiger partial charge is 0.408 e. The molecule has 0 spiro atoms. The van der Waals surface area contributed by atoms with E-state index in [1.54, 1.807) is 6.20 Å². The second-order valence-corrected chi connectivity index (χ2v) is 9.55. The predicted octanol–water partition coefficient (Wildman–Crippen LogP) is 2.97. The molecule has 0 aliphatic heterocycles. The summed E-state index contributed by atoms with van der Waals surface area (Å²) in [6.07, 6.45) is 2.76. The summed E-state index contributed by atoms with van der Waals surface area (Å²) in [6.45, 7) is 4.32. The van der Waals surface area contributed by atoms with Crippen molar-refractivity contribution in [2.24, 2.45) is 5.73 Å². The molecule has 0 aliphatic rings. The van der Waals surface area contributed by atoms with Crippen LogP contribution in [0.15, 0.2) is 73.2 Å². The van der Waals surface area contributed by atoms with Crippen LogP contribution in [0.4, 0.5) is 4.79 Å². The fourth-order valence-corrected chi connectivity index (χ4v) is 4.12. The number of nitrogens with zero attached hydrogens (tertiary/aromatic N) is 2. The van der Waals surface area contributed by atoms with E-state index < -0.39 is 23.5 Å². The standard InChI is InChI=1S/C28H35N5O4/c1-28(2,22-11-7-4-8-12-22)16-24(34)18-33(14-13-29)26(35)25(15-23-17-30-20-31-23)32-27(36)37-19-21-9-5-3-6-10-21/h3-12,17,20,25H,13-16,18-19,29H2,1-2H3,(H,30,31)(H,32,36). The van der Waals surface area contributed by atoms with E-state index in [-0.39, 0.29) is 44.9 Å². The van der Waals surface area contributed by atoms with Crippen molar-refractivity contribution in [2.75, 3.05) is 19.6 Å². The van der Waals surface area contributed by atoms with Crippen LogP contribution >= 0.6 is 0 Å². The molecular formula is C28H35N5O4. The maximum absolute atomic E-state index is 13.6. The first-order chi connectivity index (χ1) is 17.8. The Morgan fingerprint density at radius 3 is 2.38 bits per heavy atom. The second kappa shape index (κ2) is 13.4. The highest BCUT2D eigenvalue weighted by molar-refractivity contribution is 5.90. The van der Waals surface area contributed by atoms with Gasteiger partial charge in [-0.25, -0.2) is 9.78 Å². The first-order valence-corrected chi connectivity index (χ1v) is 12.3. The van der Waals surface area contributed by atoms with Crippen molar-refractivity contribution < 1.29 is 19.1 Å². The molecule has 0 saturated carbocycles. The van der Waals surface area contributed by atoms with Gasteiger partial charge in [-0.05, 0) is 16.5 Å². The summed E-state index contributed by atoms with van der Waals surface area (Å²) in [7, 11) is 0. The summed E-state index contributed by atoms with van der Waals surface area (Å²) in [5.74, 6) is -0.509. The normalized spacial score (nSPS) is 12.0. The largest absolute Gasteiger partial charge is 0.445 e. The van der Waals surface area contributed by atoms with Gasteiger partial charge in [-0.1, -0.05) is 74.5 Å². The number of amides is 2. The number of aromatic amines is 1. The lowest BCUT2D eigenvalue weighted by molar-refractivity contribution is -0.137. The fraction of sp³-hybridized carbons (Fsp3) is 0.357. The van der Waals surface area contributed by atoms with Crippen LogP contribution in [0.2, 0.25) is 0 Å². The van der Waals surface area contributed by atoms with Gasteiger partial charge in [0, 0.05) is 37.8 Å². The number of alkyl carbamates (subject to hydrolysis) is 1. The van der Waals surface area contributed by atoms with E-state index >= 15 is 0 Å². The van der Waals surface area contributed by atoms with Gasteiger partial charge in [-0.3, -0.25) is 9.59 Å². The molecule has 2 amide bonds. The Morgan fingerprint density at radius 2 is 1.76 bits per heavy atom. The third-order valence-corrected chi connectivity index (χ3v) is 6.05. The molecule has 1 unspecified atom stereocenters. The van der Waals surface area contributed by atoms with Gasteiger partial charge in [-0.2, -0.15) is 0 Å². The minimum atomic E-state index is -0.967. The first kappa shape index (κ1) is 27.6. The molecule has 1 heterocycles. The Bertz CT molecular complexity index is 1130. The van der Waals surface area contributed by atoms with Gasteiger partial charge < -0.3 is 25.7 Å². The van der Waals surface area contributed by atoms with Crippen molar-refractivity contribution in [2.45, 2.75) is 44.8 Å². The average Bonchev–Trinajstić information content (AvgIpc) is 3.40. The highest BCUT2D eigenvalue weighted by Gasteiger charge is 2.30. The molecule has 4 N–H and O–H groups in total. The number of benzene rings is 2. The molecule has 0 saturated heterocycles. The summed E-state index contributed by atoms with van der Waals surface area (Å²) >= 11 is 0. The van der Waals surface area contributed by atoms with Crippen LogP contribution in [0.3, 0.4) is 0 Å². The Morgan fingerprint density at radius 1 is 1.08 bits per heavy atom. The molecule has 0 aliphatic carbocycles. The third-order valence-electron chi connectivity index (χ3n) is 6.05. The third kappa shape index (κ3) is 8.57. The van der Waals surface area contributed by atoms with Crippen molar-refractivity contribution in [1.82, 2.24) is 20.2 Å². The molecule has 0 bridgehead atoms. The van der Waals surface area contributed by atoms with Gasteiger partial charge in [0.15, 0.2) is 5.78 Å². The highest BCUT2D eigenvalue weighted by Crippen LogP contribution is 2.27. The lowest BCUT2D eigenvalue weighted by Gasteiger charge is -2.29. The number of hydrogen-bond acceptors (Lipinski definition) is 6. The quantitative estimate of drug-likeness (QED) is 0.327. The van der Waals surface area contributed by atoms with E-state index in [1.165, 1.54) is 11.2 Å². The van der Waals surface area contributed by atoms with Crippen LogP contribution in [0.1, 0.15) is 37.1 Å². The summed E-state index contributed by atoms with van der Waals surface area (Å²) in [6, 6.07) is 18.1. The van der Waals surface area contributed by atoms with Gasteiger partial charge in [-0.15, -0.1) is 0 Å². The number of ketones is 1. The molecule has 1 aromatic heterocycles. The monoisotopic (exact) mass is 505 g/mol. The van der Waals surface area contributed by atoms with E-state index in [0.29, 0.717) is 5.69 Å². The van der Waals surface area contributed by atoms with E-state index in [9.17, 15) is 14.4 Å². The van der Waals surface area contributed by atoms with Crippen LogP contribution in [-0.2, 0) is 32.8 Å². The van der Waals surface area contributed by atoms with Crippen LogP contribution in [0.5, 0.6) is 0 Å². The predicted molar refractivity (Wildman–Crippen MR) is 141 cm³/mol. The number of H-pyrrole nitrogens is 1. The van der Waals surface area contributed by atoms with Crippen LogP contribution in [0, 0.1) is 0 Å². The summed E-state index contributed by atoms with van der Waals surface area (Å²) < 4.78 is 5.33. The summed E-state index contributed by atoms with van der Waals surface area (Å²) in [5, 5.41) is 2.66. The summed E-state index contributed by atoms with van der Waals surface area (Å²) in [4.78, 5) is 47.6. The number of carbonyl (C=O) groups excluding carboxylic acids is 3. The topological polar surface area (TPSA) is 130 Å². The van der Waals surface area contributed by atoms with E-state index in [0.717, 1.165) is 11.1 Å². The molecule has 196 valence electrons. The Kier molecular flexibility index (Phi) is 9.97. The van der Waals surface area contributed by atoms with Crippen molar-refractivity contribution >= 4 is 17.8 Å². The lowest BCUT2D eigenvalue weighted by atomic mass is 9.80. The van der Waals surface area contributed by atoms with E-state index in [2.05, 4.69) is 15.3 Å². The number of aromatic nitrogens is 2. The highest BCUT2D eigenvalue weighted by atomic mass is 16.5. The van der Waals surface area contributed by atoms with Crippen LogP contribution < -0.4 is 11.1 Å². The van der Waals surface area contributed by atoms with Crippen molar-refractivity contribution in [3.63, 3.8) is 0 Å². The molecular weight excluding hydrogens is 470 g/mol. The van der Waals surface area contributed by atoms with E-state index in [4.69, 9.17) is 10.5 Å². The number of nitrogens with two attached hydrogens (primary N) is 1. The van der Waals surface area contributed by atoms with Crippen molar-refractivity contribution in [3.05, 3.63) is 90.0 Å². The average molecular weight is 506 g/mol. The van der Waals surface area contributed by atoms with Gasteiger partial charge in [0.25, 0.3) is 0 Å². The van der Waals surface area contributed by atoms with Gasteiger partial charge in [0.05, 0.1) is 12.9 Å². The number of ether oxygens (including phenoxy) is 1. The molecule has 9 heteroatoms. The molecule has 9 nitrogen and oxygen atoms in total. The number of hydrogen-bond donors (Lipinski definition) is 3. The summed E-state index contributed by atoms with van der Waals surface area (Å²) in [5.41, 5.74) is 7.90. The molecule has 1 atom stereocenters. The zero-order chi connectivity index (χ0) is 26.7. The molecule has 3 aromatic rings. The number of carbonyl (C=O) groups is 3. The number of Topliss-reactive ketones (excluding diaryl/α,β-unsaturated/α-hetero) is 1. The number of nitrogens with one attached hydrogen (secondary N) is 2. The Labute approximate surface area is 217 Å². The maximum Gasteiger partial charge on any atom is 0.408 e. The molecule has 2 aromatic carbocycles. The fourth-order valence-electron chi connectivity index (χ4n) is 4.12. The van der Waals surface area contributed by atoms with Crippen LogP contribution in [0.25, 0.3) is 0 Å². The minimum Gasteiger partial charge on any atom is -0.445 e. The Hall–Kier alpha value is -3.98. The SMILES string of the molecule is CC(C)(CC(=O)CN(CCN)C(=O)C(Cc1cnc[nH]1)NC(=O)OCc1ccccc1)c1ccccc1. The molecule has 3 rings (SSSR count). The zero-order valence-corrected chi connectivity index (χ0v) is 21.4.